The second-order valence-corrected chi connectivity index (χ2v) is 10.4. The third kappa shape index (κ3) is 4.01. The van der Waals surface area contributed by atoms with Gasteiger partial charge in [-0.2, -0.15) is 0 Å². The predicted molar refractivity (Wildman–Crippen MR) is 122 cm³/mol. The first-order valence-electron chi connectivity index (χ1n) is 10.6. The fourth-order valence-corrected chi connectivity index (χ4v) is 6.04. The van der Waals surface area contributed by atoms with Crippen LogP contribution in [0.15, 0.2) is 47.6 Å². The summed E-state index contributed by atoms with van der Waals surface area (Å²) in [6.45, 7) is 5.03. The van der Waals surface area contributed by atoms with Crippen LogP contribution in [-0.4, -0.2) is 30.0 Å². The number of nitrogens with zero attached hydrogens (tertiary/aromatic N) is 2. The SMILES string of the molecule is CC[C@@H]1CCC[C@@H]1NCCc1cnc2c(ccn2S(=O)(=O)c2ccc(C)cc2)c1Cl. The van der Waals surface area contributed by atoms with Crippen molar-refractivity contribution in [3.63, 3.8) is 0 Å². The number of benzene rings is 1. The van der Waals surface area contributed by atoms with Crippen LogP contribution in [0.5, 0.6) is 0 Å². The van der Waals surface area contributed by atoms with Crippen molar-refractivity contribution in [1.29, 1.82) is 0 Å². The Balaban J connectivity index is 1.55. The lowest BCUT2D eigenvalue weighted by Crippen LogP contribution is -2.33. The zero-order chi connectivity index (χ0) is 21.3. The molecule has 0 aliphatic heterocycles. The van der Waals surface area contributed by atoms with Gasteiger partial charge in [-0.3, -0.25) is 0 Å². The monoisotopic (exact) mass is 445 g/mol. The normalized spacial score (nSPS) is 19.6. The predicted octanol–water partition coefficient (Wildman–Crippen LogP) is 4.95. The Labute approximate surface area is 183 Å². The van der Waals surface area contributed by atoms with Crippen LogP contribution in [0, 0.1) is 12.8 Å². The molecule has 0 radical (unpaired) electrons. The van der Waals surface area contributed by atoms with E-state index in [0.717, 1.165) is 30.0 Å². The van der Waals surface area contributed by atoms with E-state index >= 15 is 0 Å². The smallest absolute Gasteiger partial charge is 0.269 e. The molecule has 1 fully saturated rings. The first kappa shape index (κ1) is 21.3. The molecule has 7 heteroatoms. The zero-order valence-electron chi connectivity index (χ0n) is 17.4. The third-order valence-corrected chi connectivity index (χ3v) is 8.38. The number of halogens is 1. The first-order valence-corrected chi connectivity index (χ1v) is 12.4. The molecule has 2 heterocycles. The Morgan fingerprint density at radius 2 is 1.97 bits per heavy atom. The maximum atomic E-state index is 13.1. The lowest BCUT2D eigenvalue weighted by atomic mass is 10.0. The van der Waals surface area contributed by atoms with E-state index in [9.17, 15) is 8.42 Å². The Morgan fingerprint density at radius 1 is 1.20 bits per heavy atom. The van der Waals surface area contributed by atoms with Crippen molar-refractivity contribution in [1.82, 2.24) is 14.3 Å². The largest absolute Gasteiger partial charge is 0.313 e. The molecule has 1 aliphatic carbocycles. The van der Waals surface area contributed by atoms with Gasteiger partial charge in [0, 0.05) is 23.8 Å². The minimum Gasteiger partial charge on any atom is -0.313 e. The summed E-state index contributed by atoms with van der Waals surface area (Å²) < 4.78 is 27.3. The van der Waals surface area contributed by atoms with E-state index in [2.05, 4.69) is 17.2 Å². The average molecular weight is 446 g/mol. The second-order valence-electron chi connectivity index (χ2n) is 8.17. The summed E-state index contributed by atoms with van der Waals surface area (Å²) in [5, 5.41) is 4.92. The number of hydrogen-bond donors (Lipinski definition) is 1. The van der Waals surface area contributed by atoms with Gasteiger partial charge in [0.2, 0.25) is 0 Å². The Kier molecular flexibility index (Phi) is 6.19. The van der Waals surface area contributed by atoms with Crippen LogP contribution in [0.4, 0.5) is 0 Å². The van der Waals surface area contributed by atoms with Gasteiger partial charge in [0.1, 0.15) is 0 Å². The van der Waals surface area contributed by atoms with Gasteiger partial charge in [-0.1, -0.05) is 49.1 Å². The standard InChI is InChI=1S/C23H28ClN3O2S/c1-3-17-5-4-6-21(17)25-13-11-18-15-26-23-20(22(18)24)12-14-27(23)30(28,29)19-9-7-16(2)8-10-19/h7-10,12,14-15,17,21,25H,3-6,11,13H2,1-2H3/t17-,21+/m1/s1. The number of fused-ring (bicyclic) bond motifs is 1. The van der Waals surface area contributed by atoms with Gasteiger partial charge in [0.15, 0.2) is 5.65 Å². The quantitative estimate of drug-likeness (QED) is 0.559. The Bertz CT molecular complexity index is 1140. The molecular formula is C23H28ClN3O2S. The summed E-state index contributed by atoms with van der Waals surface area (Å²) >= 11 is 6.65. The molecular weight excluding hydrogens is 418 g/mol. The summed E-state index contributed by atoms with van der Waals surface area (Å²) in [5.41, 5.74) is 2.31. The van der Waals surface area contributed by atoms with Crippen molar-refractivity contribution < 1.29 is 8.42 Å². The Morgan fingerprint density at radius 3 is 2.70 bits per heavy atom. The third-order valence-electron chi connectivity index (χ3n) is 6.25. The van der Waals surface area contributed by atoms with Crippen molar-refractivity contribution in [3.05, 3.63) is 58.9 Å². The van der Waals surface area contributed by atoms with E-state index in [1.807, 2.05) is 6.92 Å². The molecule has 1 saturated carbocycles. The van der Waals surface area contributed by atoms with Crippen molar-refractivity contribution in [2.45, 2.75) is 56.9 Å². The number of pyridine rings is 1. The van der Waals surface area contributed by atoms with E-state index in [4.69, 9.17) is 11.6 Å². The van der Waals surface area contributed by atoms with Gasteiger partial charge >= 0.3 is 0 Å². The molecule has 1 aliphatic rings. The number of rotatable bonds is 7. The molecule has 1 N–H and O–H groups in total. The van der Waals surface area contributed by atoms with Crippen LogP contribution < -0.4 is 5.32 Å². The van der Waals surface area contributed by atoms with Crippen LogP contribution in [0.3, 0.4) is 0 Å². The van der Waals surface area contributed by atoms with Crippen molar-refractivity contribution in [2.75, 3.05) is 6.54 Å². The number of nitrogens with one attached hydrogen (secondary N) is 1. The second kappa shape index (κ2) is 8.69. The van der Waals surface area contributed by atoms with Gasteiger partial charge in [-0.15, -0.1) is 0 Å². The van der Waals surface area contributed by atoms with Gasteiger partial charge in [0.25, 0.3) is 10.0 Å². The molecule has 2 atom stereocenters. The fraction of sp³-hybridized carbons (Fsp3) is 0.435. The number of hydrogen-bond acceptors (Lipinski definition) is 4. The van der Waals surface area contributed by atoms with Crippen LogP contribution in [0.25, 0.3) is 11.0 Å². The van der Waals surface area contributed by atoms with Crippen LogP contribution in [-0.2, 0) is 16.4 Å². The topological polar surface area (TPSA) is 64.0 Å². The molecule has 0 bridgehead atoms. The summed E-state index contributed by atoms with van der Waals surface area (Å²) in [7, 11) is -3.72. The molecule has 0 unspecified atom stereocenters. The summed E-state index contributed by atoms with van der Waals surface area (Å²) in [4.78, 5) is 4.70. The maximum absolute atomic E-state index is 13.1. The molecule has 5 nitrogen and oxygen atoms in total. The van der Waals surface area contributed by atoms with Gasteiger partial charge in [0.05, 0.1) is 9.92 Å². The van der Waals surface area contributed by atoms with E-state index in [1.54, 1.807) is 36.5 Å². The van der Waals surface area contributed by atoms with Crippen LogP contribution >= 0.6 is 11.6 Å². The first-order chi connectivity index (χ1) is 14.4. The summed E-state index contributed by atoms with van der Waals surface area (Å²) in [6.07, 6.45) is 9.08. The van der Waals surface area contributed by atoms with Gasteiger partial charge in [-0.05, 0) is 62.4 Å². The molecule has 3 aromatic rings. The van der Waals surface area contributed by atoms with Crippen LogP contribution in [0.2, 0.25) is 5.02 Å². The molecule has 160 valence electrons. The number of aryl methyl sites for hydroxylation is 1. The Hall–Kier alpha value is -1.89. The highest BCUT2D eigenvalue weighted by Crippen LogP contribution is 2.30. The van der Waals surface area contributed by atoms with Crippen LogP contribution in [0.1, 0.15) is 43.7 Å². The molecule has 4 rings (SSSR count). The molecule has 30 heavy (non-hydrogen) atoms. The van der Waals surface area contributed by atoms with Crippen molar-refractivity contribution in [2.24, 2.45) is 5.92 Å². The van der Waals surface area contributed by atoms with Gasteiger partial charge in [-0.25, -0.2) is 17.4 Å². The maximum Gasteiger partial charge on any atom is 0.269 e. The highest BCUT2D eigenvalue weighted by Gasteiger charge is 2.25. The highest BCUT2D eigenvalue weighted by molar-refractivity contribution is 7.90. The number of aromatic nitrogens is 2. The summed E-state index contributed by atoms with van der Waals surface area (Å²) in [5.74, 6) is 0.766. The minimum absolute atomic E-state index is 0.235. The molecule has 1 aromatic carbocycles. The minimum atomic E-state index is -3.72. The van der Waals surface area contributed by atoms with E-state index < -0.39 is 10.0 Å². The van der Waals surface area contributed by atoms with Gasteiger partial charge < -0.3 is 5.32 Å². The van der Waals surface area contributed by atoms with Crippen molar-refractivity contribution in [3.8, 4) is 0 Å². The highest BCUT2D eigenvalue weighted by atomic mass is 35.5. The van der Waals surface area contributed by atoms with Crippen molar-refractivity contribution >= 4 is 32.7 Å². The average Bonchev–Trinajstić information content (AvgIpc) is 3.37. The lowest BCUT2D eigenvalue weighted by Gasteiger charge is -2.19. The molecule has 0 amide bonds. The fourth-order valence-electron chi connectivity index (χ4n) is 4.45. The zero-order valence-corrected chi connectivity index (χ0v) is 19.0. The van der Waals surface area contributed by atoms with E-state index in [0.29, 0.717) is 22.1 Å². The van der Waals surface area contributed by atoms with E-state index in [1.165, 1.54) is 35.9 Å². The van der Waals surface area contributed by atoms with E-state index in [-0.39, 0.29) is 4.90 Å². The molecule has 2 aromatic heterocycles. The summed E-state index contributed by atoms with van der Waals surface area (Å²) in [6, 6.07) is 9.13. The molecule has 0 spiro atoms. The lowest BCUT2D eigenvalue weighted by molar-refractivity contribution is 0.393. The molecule has 0 saturated heterocycles.